The number of aromatic nitrogens is 3. The van der Waals surface area contributed by atoms with E-state index in [9.17, 15) is 0 Å². The summed E-state index contributed by atoms with van der Waals surface area (Å²) >= 11 is 1.40. The van der Waals surface area contributed by atoms with Gasteiger partial charge in [-0.25, -0.2) is 4.98 Å². The van der Waals surface area contributed by atoms with Crippen molar-refractivity contribution in [1.29, 1.82) is 0 Å². The predicted octanol–water partition coefficient (Wildman–Crippen LogP) is 2.93. The lowest BCUT2D eigenvalue weighted by molar-refractivity contribution is 0.534. The third kappa shape index (κ3) is 3.78. The molecule has 0 amide bonds. The molecule has 2 aromatic rings. The molecule has 0 saturated carbocycles. The third-order valence-electron chi connectivity index (χ3n) is 2.06. The summed E-state index contributed by atoms with van der Waals surface area (Å²) in [5.74, 6) is 0. The number of nitrogens with zero attached hydrogens (tertiary/aromatic N) is 3. The van der Waals surface area contributed by atoms with Gasteiger partial charge < -0.3 is 0 Å². The Balaban J connectivity index is 2.16. The van der Waals surface area contributed by atoms with E-state index < -0.39 is 0 Å². The summed E-state index contributed by atoms with van der Waals surface area (Å²) in [6, 6.07) is 9.97. The van der Waals surface area contributed by atoms with Gasteiger partial charge in [0.2, 0.25) is 5.16 Å². The largest absolute Gasteiger partial charge is 0.252 e. The third-order valence-corrected chi connectivity index (χ3v) is 3.13. The molecule has 0 aliphatic rings. The van der Waals surface area contributed by atoms with Gasteiger partial charge in [-0.2, -0.15) is 5.10 Å². The zero-order chi connectivity index (χ0) is 13.0. The quantitative estimate of drug-likeness (QED) is 0.860. The highest BCUT2D eigenvalue weighted by Gasteiger charge is 2.11. The van der Waals surface area contributed by atoms with E-state index in [2.05, 4.69) is 40.7 Å². The lowest BCUT2D eigenvalue weighted by atomic mass is 10.1. The van der Waals surface area contributed by atoms with Crippen molar-refractivity contribution < 1.29 is 0 Å². The molecule has 1 aromatic carbocycles. The standard InChI is InChI=1S/C13H16N4S/c1-13(2,3)17-18-12-15-11(9-14-16-12)10-7-5-4-6-8-10/h4-9,17H,1-3H3. The van der Waals surface area contributed by atoms with Crippen molar-refractivity contribution in [2.24, 2.45) is 0 Å². The van der Waals surface area contributed by atoms with Crippen molar-refractivity contribution in [3.63, 3.8) is 0 Å². The molecule has 0 aliphatic heterocycles. The second kappa shape index (κ2) is 5.46. The Kier molecular flexibility index (Phi) is 3.93. The first kappa shape index (κ1) is 13.0. The first-order chi connectivity index (χ1) is 8.54. The van der Waals surface area contributed by atoms with Crippen LogP contribution in [0.15, 0.2) is 41.7 Å². The van der Waals surface area contributed by atoms with Gasteiger partial charge in [0.05, 0.1) is 11.9 Å². The van der Waals surface area contributed by atoms with Gasteiger partial charge in [0.15, 0.2) is 0 Å². The summed E-state index contributed by atoms with van der Waals surface area (Å²) in [4.78, 5) is 4.47. The monoisotopic (exact) mass is 260 g/mol. The smallest absolute Gasteiger partial charge is 0.224 e. The Bertz CT molecular complexity index is 508. The molecule has 1 N–H and O–H groups in total. The normalized spacial score (nSPS) is 11.5. The SMILES string of the molecule is CC(C)(C)NSc1nncc(-c2ccccc2)n1. The summed E-state index contributed by atoms with van der Waals surface area (Å²) < 4.78 is 3.27. The second-order valence-corrected chi connectivity index (χ2v) is 5.72. The summed E-state index contributed by atoms with van der Waals surface area (Å²) in [6.07, 6.45) is 1.68. The van der Waals surface area contributed by atoms with Crippen LogP contribution in [0.1, 0.15) is 20.8 Å². The lowest BCUT2D eigenvalue weighted by Gasteiger charge is -2.18. The number of rotatable bonds is 3. The van der Waals surface area contributed by atoms with Crippen molar-refractivity contribution in [3.05, 3.63) is 36.5 Å². The van der Waals surface area contributed by atoms with E-state index in [0.29, 0.717) is 5.16 Å². The minimum Gasteiger partial charge on any atom is -0.252 e. The molecule has 94 valence electrons. The number of benzene rings is 1. The highest BCUT2D eigenvalue weighted by atomic mass is 32.2. The van der Waals surface area contributed by atoms with Gasteiger partial charge in [0, 0.05) is 11.1 Å². The molecule has 0 bridgehead atoms. The van der Waals surface area contributed by atoms with E-state index in [0.717, 1.165) is 11.3 Å². The topological polar surface area (TPSA) is 50.7 Å². The van der Waals surface area contributed by atoms with Crippen LogP contribution in [-0.2, 0) is 0 Å². The van der Waals surface area contributed by atoms with E-state index in [1.165, 1.54) is 11.9 Å². The minimum atomic E-state index is 0.0107. The van der Waals surface area contributed by atoms with Gasteiger partial charge in [0.1, 0.15) is 0 Å². The fourth-order valence-corrected chi connectivity index (χ4v) is 1.91. The maximum Gasteiger partial charge on any atom is 0.224 e. The van der Waals surface area contributed by atoms with E-state index in [4.69, 9.17) is 0 Å². The van der Waals surface area contributed by atoms with Crippen LogP contribution in [0.3, 0.4) is 0 Å². The molecule has 4 nitrogen and oxygen atoms in total. The van der Waals surface area contributed by atoms with Gasteiger partial charge >= 0.3 is 0 Å². The van der Waals surface area contributed by atoms with E-state index >= 15 is 0 Å². The molecule has 18 heavy (non-hydrogen) atoms. The first-order valence-corrected chi connectivity index (χ1v) is 6.55. The molecular weight excluding hydrogens is 244 g/mol. The molecule has 0 saturated heterocycles. The lowest BCUT2D eigenvalue weighted by Crippen LogP contribution is -2.30. The van der Waals surface area contributed by atoms with Gasteiger partial charge in [-0.05, 0) is 32.7 Å². The Morgan fingerprint density at radius 1 is 1.11 bits per heavy atom. The number of hydrogen-bond acceptors (Lipinski definition) is 5. The van der Waals surface area contributed by atoms with Crippen LogP contribution in [0.2, 0.25) is 0 Å². The number of nitrogens with one attached hydrogen (secondary N) is 1. The van der Waals surface area contributed by atoms with Crippen LogP contribution in [0.4, 0.5) is 0 Å². The fraction of sp³-hybridized carbons (Fsp3) is 0.308. The molecule has 0 aliphatic carbocycles. The second-order valence-electron chi connectivity index (χ2n) is 4.94. The Labute approximate surface area is 111 Å². The van der Waals surface area contributed by atoms with Crippen LogP contribution in [0.5, 0.6) is 0 Å². The minimum absolute atomic E-state index is 0.0107. The summed E-state index contributed by atoms with van der Waals surface area (Å²) in [7, 11) is 0. The van der Waals surface area contributed by atoms with Crippen LogP contribution in [-0.4, -0.2) is 20.7 Å². The fourth-order valence-electron chi connectivity index (χ4n) is 1.28. The molecular formula is C13H16N4S. The molecule has 5 heteroatoms. The Morgan fingerprint density at radius 2 is 1.83 bits per heavy atom. The van der Waals surface area contributed by atoms with Crippen LogP contribution in [0.25, 0.3) is 11.3 Å². The van der Waals surface area contributed by atoms with Gasteiger partial charge in [0.25, 0.3) is 0 Å². The van der Waals surface area contributed by atoms with Crippen LogP contribution < -0.4 is 4.72 Å². The average Bonchev–Trinajstić information content (AvgIpc) is 2.37. The van der Waals surface area contributed by atoms with E-state index in [1.807, 2.05) is 30.3 Å². The Morgan fingerprint density at radius 3 is 2.50 bits per heavy atom. The van der Waals surface area contributed by atoms with Crippen molar-refractivity contribution in [2.75, 3.05) is 0 Å². The maximum absolute atomic E-state index is 4.47. The number of hydrogen-bond donors (Lipinski definition) is 1. The molecule has 0 fully saturated rings. The van der Waals surface area contributed by atoms with Gasteiger partial charge in [-0.3, -0.25) is 4.72 Å². The Hall–Kier alpha value is -1.46. The van der Waals surface area contributed by atoms with Crippen LogP contribution in [0, 0.1) is 0 Å². The van der Waals surface area contributed by atoms with Crippen molar-refractivity contribution >= 4 is 11.9 Å². The molecule has 0 atom stereocenters. The molecule has 0 unspecified atom stereocenters. The van der Waals surface area contributed by atoms with Crippen molar-refractivity contribution in [2.45, 2.75) is 31.5 Å². The molecule has 1 heterocycles. The zero-order valence-electron chi connectivity index (χ0n) is 10.7. The van der Waals surface area contributed by atoms with Gasteiger partial charge in [-0.15, -0.1) is 5.10 Å². The summed E-state index contributed by atoms with van der Waals surface area (Å²) in [5.41, 5.74) is 1.89. The van der Waals surface area contributed by atoms with Crippen molar-refractivity contribution in [1.82, 2.24) is 19.9 Å². The van der Waals surface area contributed by atoms with E-state index in [1.54, 1.807) is 6.20 Å². The summed E-state index contributed by atoms with van der Waals surface area (Å²) in [5, 5.41) is 8.63. The molecule has 1 aromatic heterocycles. The maximum atomic E-state index is 4.47. The zero-order valence-corrected chi connectivity index (χ0v) is 11.5. The highest BCUT2D eigenvalue weighted by Crippen LogP contribution is 2.18. The first-order valence-electron chi connectivity index (χ1n) is 5.74. The van der Waals surface area contributed by atoms with Crippen LogP contribution >= 0.6 is 11.9 Å². The van der Waals surface area contributed by atoms with Crippen molar-refractivity contribution in [3.8, 4) is 11.3 Å². The predicted molar refractivity (Wildman–Crippen MR) is 74.0 cm³/mol. The average molecular weight is 260 g/mol. The van der Waals surface area contributed by atoms with E-state index in [-0.39, 0.29) is 5.54 Å². The molecule has 2 rings (SSSR count). The summed E-state index contributed by atoms with van der Waals surface area (Å²) in [6.45, 7) is 6.28. The highest BCUT2D eigenvalue weighted by molar-refractivity contribution is 7.97. The molecule has 0 spiro atoms. The molecule has 0 radical (unpaired) electrons. The van der Waals surface area contributed by atoms with Gasteiger partial charge in [-0.1, -0.05) is 30.3 Å².